The van der Waals surface area contributed by atoms with Gasteiger partial charge < -0.3 is 35.6 Å². The molecule has 0 saturated carbocycles. The number of hydrogen-bond acceptors (Lipinski definition) is 19. The average Bonchev–Trinajstić information content (AvgIpc) is 1.62. The average molecular weight is 1540 g/mol. The number of sulfone groups is 1. The van der Waals surface area contributed by atoms with Crippen LogP contribution >= 0.6 is 35.1 Å². The summed E-state index contributed by atoms with van der Waals surface area (Å²) in [5, 5.41) is 47.0. The number of carbonyl (C=O) groups excluding carboxylic acids is 1. The van der Waals surface area contributed by atoms with Crippen molar-refractivity contribution in [3.05, 3.63) is 280 Å². The van der Waals surface area contributed by atoms with E-state index in [1.807, 2.05) is 97.9 Å². The first-order chi connectivity index (χ1) is 51.1. The molecule has 1 saturated heterocycles. The number of phenols is 1. The fraction of sp³-hybridized carbons (Fsp3) is 0.149. The lowest BCUT2D eigenvalue weighted by Gasteiger charge is -2.29. The maximum Gasteiger partial charge on any atom is 0.337 e. The second-order valence-corrected chi connectivity index (χ2v) is 31.7. The van der Waals surface area contributed by atoms with Crippen molar-refractivity contribution < 1.29 is 55.0 Å². The van der Waals surface area contributed by atoms with Gasteiger partial charge in [0.15, 0.2) is 9.84 Å². The lowest BCUT2D eigenvalue weighted by molar-refractivity contribution is -0.139. The van der Waals surface area contributed by atoms with Gasteiger partial charge >= 0.3 is 11.9 Å². The molecule has 2 unspecified atom stereocenters. The molecule has 5 aromatic heterocycles. The van der Waals surface area contributed by atoms with E-state index in [0.717, 1.165) is 61.2 Å². The molecule has 0 spiro atoms. The van der Waals surface area contributed by atoms with E-state index < -0.39 is 47.9 Å². The Balaban J connectivity index is 0.000000134. The Morgan fingerprint density at radius 2 is 1.28 bits per heavy atom. The van der Waals surface area contributed by atoms with Gasteiger partial charge in [-0.2, -0.15) is 4.68 Å². The molecule has 15 rings (SSSR count). The Bertz CT molecular complexity index is 5550. The van der Waals surface area contributed by atoms with Crippen molar-refractivity contribution in [3.8, 4) is 11.4 Å². The number of nitrogens with zero attached hydrogens (tertiary/aromatic N) is 7. The number of amides is 1. The summed E-state index contributed by atoms with van der Waals surface area (Å²) in [7, 11) is -10.3. The SMILES string of the molecule is Cc1ccc(S(=O)(=O)NCCSc2nnnn2-c2ccc(Cl)c(C(=O)O)c2)cc1.O=C(O)C1Cc2c([nH]c3ccccc23)C(c2cccnc2)N1.O=C1NCS/C1=C/c1ccccc1O.O=S(=O)(CCc1nc2ccccc2[nH]1)c1ccccc1.O=S(=O)(NCCc1nc2ccccc2[nH]1)c1ccccc1. The number of imidazole rings is 2. The molecule has 0 bridgehead atoms. The number of aliphatic carboxylic acids is 1. The lowest BCUT2D eigenvalue weighted by atomic mass is 9.91. The highest BCUT2D eigenvalue weighted by atomic mass is 35.5. The van der Waals surface area contributed by atoms with Crippen LogP contribution in [0.5, 0.6) is 5.75 Å². The Morgan fingerprint density at radius 3 is 1.91 bits per heavy atom. The summed E-state index contributed by atoms with van der Waals surface area (Å²) in [5.74, 6) is 0.630. The number of carboxylic acids is 2. The highest BCUT2D eigenvalue weighted by Crippen LogP contribution is 2.35. The van der Waals surface area contributed by atoms with Crippen LogP contribution in [-0.4, -0.2) is 145 Å². The van der Waals surface area contributed by atoms with Crippen LogP contribution < -0.4 is 20.1 Å². The molecule has 7 heterocycles. The topological polar surface area (TPSA) is 392 Å². The number of aromatic hydroxyl groups is 1. The Kier molecular flexibility index (Phi) is 25.4. The van der Waals surface area contributed by atoms with Gasteiger partial charge in [-0.05, 0) is 132 Å². The molecule has 0 aliphatic carbocycles. The van der Waals surface area contributed by atoms with E-state index in [0.29, 0.717) is 69.5 Å². The van der Waals surface area contributed by atoms with Crippen LogP contribution in [0.3, 0.4) is 0 Å². The zero-order valence-corrected chi connectivity index (χ0v) is 61.2. The van der Waals surface area contributed by atoms with Crippen molar-refractivity contribution in [1.29, 1.82) is 0 Å². The third-order valence-corrected chi connectivity index (χ3v) is 23.1. The molecule has 10 N–H and O–H groups in total. The first-order valence-electron chi connectivity index (χ1n) is 32.7. The van der Waals surface area contributed by atoms with Gasteiger partial charge in [0.25, 0.3) is 5.91 Å². The number of fused-ring (bicyclic) bond motifs is 5. The summed E-state index contributed by atoms with van der Waals surface area (Å²) in [6, 6.07) is 61.2. The van der Waals surface area contributed by atoms with E-state index in [1.165, 1.54) is 40.3 Å². The number of H-pyrrole nitrogens is 3. The summed E-state index contributed by atoms with van der Waals surface area (Å²) in [6.45, 7) is 2.34. The van der Waals surface area contributed by atoms with Crippen molar-refractivity contribution in [1.82, 2.24) is 70.2 Å². The molecule has 2 aliphatic rings. The van der Waals surface area contributed by atoms with E-state index >= 15 is 0 Å². The number of aromatic nitrogens is 10. The fourth-order valence-corrected chi connectivity index (χ4v) is 16.2. The summed E-state index contributed by atoms with van der Waals surface area (Å²) in [4.78, 5) is 58.2. The molecular weight excluding hydrogens is 1470 g/mol. The number of aromatic carboxylic acids is 1. The number of aromatic amines is 3. The number of thioether (sulfide) groups is 2. The minimum Gasteiger partial charge on any atom is -0.507 e. The normalized spacial score (nSPS) is 14.5. The maximum absolute atomic E-state index is 12.3. The quantitative estimate of drug-likeness (QED) is 0.0192. The zero-order valence-electron chi connectivity index (χ0n) is 56.3. The van der Waals surface area contributed by atoms with E-state index in [1.54, 1.807) is 128 Å². The van der Waals surface area contributed by atoms with Crippen LogP contribution in [0.15, 0.2) is 249 Å². The molecule has 2 atom stereocenters. The predicted molar refractivity (Wildman–Crippen MR) is 407 cm³/mol. The molecule has 32 heteroatoms. The first-order valence-corrected chi connectivity index (χ1v) is 39.7. The molecule has 0 radical (unpaired) electrons. The second-order valence-electron chi connectivity index (χ2n) is 23.6. The number of hydrogen-bond donors (Lipinski definition) is 10. The third kappa shape index (κ3) is 19.9. The van der Waals surface area contributed by atoms with Gasteiger partial charge in [-0.15, -0.1) is 5.10 Å². The van der Waals surface area contributed by atoms with E-state index in [9.17, 15) is 55.0 Å². The number of halogens is 1. The summed E-state index contributed by atoms with van der Waals surface area (Å²) >= 11 is 8.55. The number of carboxylic acid groups (broad SMARTS) is 2. The van der Waals surface area contributed by atoms with Crippen LogP contribution in [0.1, 0.15) is 56.0 Å². The minimum atomic E-state index is -3.60. The zero-order chi connectivity index (χ0) is 74.8. The highest BCUT2D eigenvalue weighted by Gasteiger charge is 2.34. The maximum atomic E-state index is 12.3. The predicted octanol–water partition coefficient (Wildman–Crippen LogP) is 10.9. The van der Waals surface area contributed by atoms with Crippen molar-refractivity contribution >= 4 is 122 Å². The number of benzene rings is 8. The molecule has 26 nitrogen and oxygen atoms in total. The van der Waals surface area contributed by atoms with Gasteiger partial charge in [0.2, 0.25) is 25.2 Å². The Morgan fingerprint density at radius 1 is 0.679 bits per heavy atom. The van der Waals surface area contributed by atoms with Crippen molar-refractivity contribution in [2.45, 2.75) is 58.1 Å². The molecule has 1 amide bonds. The summed E-state index contributed by atoms with van der Waals surface area (Å²) in [6.07, 6.45) is 6.56. The number of tetrazole rings is 1. The van der Waals surface area contributed by atoms with Crippen molar-refractivity contribution in [2.75, 3.05) is 30.5 Å². The monoisotopic (exact) mass is 1540 g/mol. The van der Waals surface area contributed by atoms with Gasteiger partial charge in [-0.25, -0.2) is 49.5 Å². The van der Waals surface area contributed by atoms with Crippen molar-refractivity contribution in [2.24, 2.45) is 0 Å². The number of nitrogens with one attached hydrogen (secondary N) is 7. The minimum absolute atomic E-state index is 0.0524. The highest BCUT2D eigenvalue weighted by molar-refractivity contribution is 8.04. The summed E-state index contributed by atoms with van der Waals surface area (Å²) in [5.41, 5.74) is 9.75. The molecule has 13 aromatic rings. The number of pyridine rings is 1. The molecular formula is C74H69ClN14O12S5. The van der Waals surface area contributed by atoms with Crippen LogP contribution in [0.2, 0.25) is 5.02 Å². The smallest absolute Gasteiger partial charge is 0.337 e. The molecule has 1 fully saturated rings. The molecule has 544 valence electrons. The number of rotatable bonds is 20. The standard InChI is InChI=1S/C17H16ClN5O4S2.C17H15N3O2.C15H15N3O2S.C15H14N2O2S.C10H9NO2S/c1-11-2-5-13(6-3-11)29(26,27)19-8-9-28-17-20-21-22-23(17)12-4-7-15(18)14(10-12)16(24)25;21-17(22)14-8-12-11-5-1-2-6-13(11)19-16(12)15(20-14)10-4-3-7-18-9-10;19-21(20,12-6-2-1-3-7-12)16-11-10-15-17-13-8-4-5-9-14(13)18-15;18-20(19,12-6-2-1-3-7-12)11-10-15-16-13-8-4-5-9-14(13)17-15;12-8-4-2-1-3-7(8)5-9-10(13)11-6-14-9/h2-7,10,19H,8-9H2,1H3,(H,24,25);1-7,9,14-15,19-20H,8H2,(H,21,22);1-9,16H,10-11H2,(H,17,18);1-9H,10-11H2,(H,16,17);1-5,12H,6H2,(H,11,13)/b;;;;9-5+. The molecule has 8 aromatic carbocycles. The lowest BCUT2D eigenvalue weighted by Crippen LogP contribution is -2.44. The number of phenolic OH excluding ortho intramolecular Hbond substituents is 1. The van der Waals surface area contributed by atoms with Crippen LogP contribution in [0.4, 0.5) is 0 Å². The van der Waals surface area contributed by atoms with Gasteiger partial charge in [0, 0.05) is 72.7 Å². The summed E-state index contributed by atoms with van der Waals surface area (Å²) < 4.78 is 79.5. The Hall–Kier alpha value is -10.9. The number of carbonyl (C=O) groups is 3. The van der Waals surface area contributed by atoms with Gasteiger partial charge in [-0.1, -0.05) is 156 Å². The van der Waals surface area contributed by atoms with Crippen LogP contribution in [0.25, 0.3) is 44.7 Å². The fourth-order valence-electron chi connectivity index (χ4n) is 11.0. The van der Waals surface area contributed by atoms with Gasteiger partial charge in [-0.3, -0.25) is 19.9 Å². The largest absolute Gasteiger partial charge is 0.507 e. The van der Waals surface area contributed by atoms with Crippen molar-refractivity contribution in [3.63, 3.8) is 0 Å². The molecule has 106 heavy (non-hydrogen) atoms. The van der Waals surface area contributed by atoms with Gasteiger partial charge in [0.1, 0.15) is 23.4 Å². The van der Waals surface area contributed by atoms with E-state index in [2.05, 4.69) is 65.5 Å². The number of para-hydroxylation sites is 6. The van der Waals surface area contributed by atoms with E-state index in [-0.39, 0.29) is 50.4 Å². The first kappa shape index (κ1) is 76.3. The number of aryl methyl sites for hydroxylation is 2. The van der Waals surface area contributed by atoms with E-state index in [4.69, 9.17) is 11.6 Å². The Labute approximate surface area is 622 Å². The third-order valence-electron chi connectivity index (χ3n) is 16.3. The van der Waals surface area contributed by atoms with Crippen LogP contribution in [-0.2, 0) is 58.7 Å². The van der Waals surface area contributed by atoms with Gasteiger partial charge in [0.05, 0.1) is 75.6 Å². The molecule has 2 aliphatic heterocycles. The number of sulfonamides is 2. The second kappa shape index (κ2) is 35.3. The van der Waals surface area contributed by atoms with Crippen LogP contribution in [0, 0.1) is 6.92 Å².